The van der Waals surface area contributed by atoms with E-state index in [1.807, 2.05) is 55.5 Å². The van der Waals surface area contributed by atoms with Crippen molar-refractivity contribution in [3.63, 3.8) is 0 Å². The Balaban J connectivity index is 1.40. The molecule has 0 aliphatic rings. The topological polar surface area (TPSA) is 74.1 Å². The lowest BCUT2D eigenvalue weighted by atomic mass is 10.1. The number of tetrazole rings is 1. The van der Waals surface area contributed by atoms with Crippen molar-refractivity contribution in [1.29, 1.82) is 0 Å². The number of aromatic nitrogens is 4. The van der Waals surface area contributed by atoms with Crippen LogP contribution in [-0.2, 0) is 13.0 Å². The predicted octanol–water partition coefficient (Wildman–Crippen LogP) is 4.96. The molecule has 0 bridgehead atoms. The molecule has 0 aliphatic heterocycles. The van der Waals surface area contributed by atoms with Crippen LogP contribution in [0.3, 0.4) is 0 Å². The third kappa shape index (κ3) is 6.17. The average molecular weight is 444 g/mol. The van der Waals surface area contributed by atoms with Crippen LogP contribution in [0.5, 0.6) is 17.5 Å². The summed E-state index contributed by atoms with van der Waals surface area (Å²) in [7, 11) is 0. The van der Waals surface area contributed by atoms with E-state index in [0.717, 1.165) is 30.6 Å². The summed E-state index contributed by atoms with van der Waals surface area (Å²) in [6, 6.07) is 26.8. The Bertz CT molecular complexity index is 1130. The number of nitrogens with one attached hydrogen (secondary N) is 1. The lowest BCUT2D eigenvalue weighted by Crippen LogP contribution is -2.26. The standard InChI is InChI=1S/C26H29N5O2/c1-3-32-25-18-22(19-27-20(2)14-15-21-10-6-4-7-11-21)16-17-24(25)33-26-28-29-30-31(26)23-12-8-5-9-13-23/h4-13,16-18,20,27H,3,14-15,19H2,1-2H3. The molecule has 3 aromatic carbocycles. The predicted molar refractivity (Wildman–Crippen MR) is 128 cm³/mol. The highest BCUT2D eigenvalue weighted by atomic mass is 16.5. The maximum absolute atomic E-state index is 6.04. The minimum absolute atomic E-state index is 0.280. The SMILES string of the molecule is CCOc1cc(CNC(C)CCc2ccccc2)ccc1Oc1nnnn1-c1ccccc1. The highest BCUT2D eigenvalue weighted by Crippen LogP contribution is 2.32. The fourth-order valence-corrected chi connectivity index (χ4v) is 3.51. The quantitative estimate of drug-likeness (QED) is 0.353. The van der Waals surface area contributed by atoms with Crippen LogP contribution in [-0.4, -0.2) is 32.9 Å². The van der Waals surface area contributed by atoms with Crippen LogP contribution >= 0.6 is 0 Å². The zero-order valence-electron chi connectivity index (χ0n) is 19.0. The molecule has 1 aromatic heterocycles. The maximum Gasteiger partial charge on any atom is 0.346 e. The third-order valence-corrected chi connectivity index (χ3v) is 5.31. The highest BCUT2D eigenvalue weighted by Gasteiger charge is 2.15. The van der Waals surface area contributed by atoms with Gasteiger partial charge in [-0.1, -0.05) is 59.7 Å². The molecule has 0 radical (unpaired) electrons. The van der Waals surface area contributed by atoms with Gasteiger partial charge < -0.3 is 14.8 Å². The monoisotopic (exact) mass is 443 g/mol. The summed E-state index contributed by atoms with van der Waals surface area (Å²) in [5, 5.41) is 15.4. The van der Waals surface area contributed by atoms with Gasteiger partial charge in [-0.15, -0.1) is 0 Å². The fraction of sp³-hybridized carbons (Fsp3) is 0.269. The second-order valence-electron chi connectivity index (χ2n) is 7.83. The molecule has 1 N–H and O–H groups in total. The van der Waals surface area contributed by atoms with Crippen molar-refractivity contribution in [1.82, 2.24) is 25.5 Å². The molecule has 33 heavy (non-hydrogen) atoms. The first-order valence-electron chi connectivity index (χ1n) is 11.3. The molecule has 0 amide bonds. The van der Waals surface area contributed by atoms with Crippen molar-refractivity contribution in [3.8, 4) is 23.2 Å². The highest BCUT2D eigenvalue weighted by molar-refractivity contribution is 5.45. The zero-order valence-corrected chi connectivity index (χ0v) is 19.0. The Labute approximate surface area is 194 Å². The van der Waals surface area contributed by atoms with Gasteiger partial charge in [0.15, 0.2) is 11.5 Å². The Hall–Kier alpha value is -3.71. The summed E-state index contributed by atoms with van der Waals surface area (Å²) < 4.78 is 13.4. The fourth-order valence-electron chi connectivity index (χ4n) is 3.51. The number of ether oxygens (including phenoxy) is 2. The van der Waals surface area contributed by atoms with Crippen LogP contribution in [0.1, 0.15) is 31.4 Å². The van der Waals surface area contributed by atoms with Crippen molar-refractivity contribution >= 4 is 0 Å². The number of aryl methyl sites for hydroxylation is 1. The van der Waals surface area contributed by atoms with Crippen LogP contribution < -0.4 is 14.8 Å². The van der Waals surface area contributed by atoms with Crippen molar-refractivity contribution in [3.05, 3.63) is 90.0 Å². The molecule has 0 saturated heterocycles. The second kappa shape index (κ2) is 11.2. The third-order valence-electron chi connectivity index (χ3n) is 5.31. The normalized spacial score (nSPS) is 11.8. The van der Waals surface area contributed by atoms with Gasteiger partial charge in [-0.25, -0.2) is 0 Å². The van der Waals surface area contributed by atoms with Crippen LogP contribution in [0.15, 0.2) is 78.9 Å². The Morgan fingerprint density at radius 1 is 0.909 bits per heavy atom. The number of hydrogen-bond acceptors (Lipinski definition) is 6. The molecule has 1 heterocycles. The maximum atomic E-state index is 6.04. The van der Waals surface area contributed by atoms with Crippen molar-refractivity contribution in [2.75, 3.05) is 6.61 Å². The van der Waals surface area contributed by atoms with Crippen LogP contribution in [0, 0.1) is 0 Å². The molecule has 1 atom stereocenters. The van der Waals surface area contributed by atoms with E-state index in [0.29, 0.717) is 24.1 Å². The largest absolute Gasteiger partial charge is 0.490 e. The van der Waals surface area contributed by atoms with E-state index in [2.05, 4.69) is 58.1 Å². The molecular weight excluding hydrogens is 414 g/mol. The van der Waals surface area contributed by atoms with Crippen molar-refractivity contribution < 1.29 is 9.47 Å². The van der Waals surface area contributed by atoms with E-state index in [9.17, 15) is 0 Å². The van der Waals surface area contributed by atoms with Gasteiger partial charge in [0.2, 0.25) is 0 Å². The molecule has 0 saturated carbocycles. The van der Waals surface area contributed by atoms with Crippen molar-refractivity contribution in [2.45, 2.75) is 39.3 Å². The Morgan fingerprint density at radius 3 is 2.42 bits per heavy atom. The average Bonchev–Trinajstić information content (AvgIpc) is 3.32. The molecule has 1 unspecified atom stereocenters. The summed E-state index contributed by atoms with van der Waals surface area (Å²) in [6.07, 6.45) is 2.13. The lowest BCUT2D eigenvalue weighted by Gasteiger charge is -2.16. The van der Waals surface area contributed by atoms with Crippen LogP contribution in [0.4, 0.5) is 0 Å². The summed E-state index contributed by atoms with van der Waals surface area (Å²) >= 11 is 0. The molecule has 4 rings (SSSR count). The summed E-state index contributed by atoms with van der Waals surface area (Å²) in [5.74, 6) is 1.24. The van der Waals surface area contributed by atoms with Gasteiger partial charge in [0.25, 0.3) is 0 Å². The van der Waals surface area contributed by atoms with Gasteiger partial charge in [-0.05, 0) is 72.5 Å². The zero-order chi connectivity index (χ0) is 22.9. The first kappa shape index (κ1) is 22.5. The molecule has 0 spiro atoms. The van der Waals surface area contributed by atoms with Crippen LogP contribution in [0.2, 0.25) is 0 Å². The lowest BCUT2D eigenvalue weighted by molar-refractivity contribution is 0.315. The van der Waals surface area contributed by atoms with E-state index in [1.54, 1.807) is 4.68 Å². The van der Waals surface area contributed by atoms with Gasteiger partial charge >= 0.3 is 6.01 Å². The minimum atomic E-state index is 0.280. The second-order valence-corrected chi connectivity index (χ2v) is 7.83. The molecule has 7 nitrogen and oxygen atoms in total. The Kier molecular flexibility index (Phi) is 7.66. The number of rotatable bonds is 11. The van der Waals surface area contributed by atoms with E-state index in [-0.39, 0.29) is 6.01 Å². The van der Waals surface area contributed by atoms with Crippen molar-refractivity contribution in [2.24, 2.45) is 0 Å². The molecule has 170 valence electrons. The number of para-hydroxylation sites is 1. The summed E-state index contributed by atoms with van der Waals surface area (Å²) in [4.78, 5) is 0. The summed E-state index contributed by atoms with van der Waals surface area (Å²) in [5.41, 5.74) is 3.31. The van der Waals surface area contributed by atoms with Gasteiger partial charge in [0, 0.05) is 12.6 Å². The van der Waals surface area contributed by atoms with Gasteiger partial charge in [-0.2, -0.15) is 4.68 Å². The van der Waals surface area contributed by atoms with E-state index < -0.39 is 0 Å². The summed E-state index contributed by atoms with van der Waals surface area (Å²) in [6.45, 7) is 5.45. The van der Waals surface area contributed by atoms with E-state index in [4.69, 9.17) is 9.47 Å². The minimum Gasteiger partial charge on any atom is -0.490 e. The molecular formula is C26H29N5O2. The first-order chi connectivity index (χ1) is 16.2. The molecule has 7 heteroatoms. The van der Waals surface area contributed by atoms with Gasteiger partial charge in [-0.3, -0.25) is 0 Å². The van der Waals surface area contributed by atoms with E-state index >= 15 is 0 Å². The van der Waals surface area contributed by atoms with E-state index in [1.165, 1.54) is 5.56 Å². The van der Waals surface area contributed by atoms with Crippen LogP contribution in [0.25, 0.3) is 5.69 Å². The molecule has 0 fully saturated rings. The first-order valence-corrected chi connectivity index (χ1v) is 11.3. The number of benzene rings is 3. The number of hydrogen-bond donors (Lipinski definition) is 1. The van der Waals surface area contributed by atoms with Gasteiger partial charge in [0.05, 0.1) is 12.3 Å². The molecule has 0 aliphatic carbocycles. The molecule has 4 aromatic rings. The van der Waals surface area contributed by atoms with Gasteiger partial charge in [0.1, 0.15) is 0 Å². The number of nitrogens with zero attached hydrogens (tertiary/aromatic N) is 4. The smallest absolute Gasteiger partial charge is 0.346 e. The Morgan fingerprint density at radius 2 is 1.67 bits per heavy atom.